The molecule has 0 aromatic heterocycles. The Morgan fingerprint density at radius 2 is 1.95 bits per heavy atom. The number of piperazine rings is 1. The average molecular weight is 263 g/mol. The summed E-state index contributed by atoms with van der Waals surface area (Å²) in [6.07, 6.45) is 0. The van der Waals surface area contributed by atoms with E-state index in [1.807, 2.05) is 12.1 Å². The molecule has 0 radical (unpaired) electrons. The largest absolute Gasteiger partial charge is 0.497 e. The van der Waals surface area contributed by atoms with Gasteiger partial charge >= 0.3 is 0 Å². The number of nitrogens with two attached hydrogens (primary N) is 1. The standard InChI is InChI=1S/C15H25N3O/c1-15(2)11-17(3)10-13(9-16)18(15)12-5-7-14(19-4)8-6-12/h5-8,13H,9-11,16H2,1-4H3. The molecule has 1 heterocycles. The molecule has 1 unspecified atom stereocenters. The number of methoxy groups -OCH3 is 1. The zero-order valence-electron chi connectivity index (χ0n) is 12.4. The van der Waals surface area contributed by atoms with Gasteiger partial charge in [0.05, 0.1) is 13.2 Å². The molecule has 4 nitrogen and oxygen atoms in total. The van der Waals surface area contributed by atoms with Crippen molar-refractivity contribution in [1.82, 2.24) is 4.90 Å². The van der Waals surface area contributed by atoms with Crippen LogP contribution >= 0.6 is 0 Å². The minimum Gasteiger partial charge on any atom is -0.497 e. The Bertz CT molecular complexity index is 416. The van der Waals surface area contributed by atoms with Gasteiger partial charge in [-0.15, -0.1) is 0 Å². The molecule has 1 aromatic carbocycles. The van der Waals surface area contributed by atoms with Gasteiger partial charge in [0.2, 0.25) is 0 Å². The van der Waals surface area contributed by atoms with Crippen molar-refractivity contribution in [2.24, 2.45) is 5.73 Å². The Hall–Kier alpha value is -1.26. The van der Waals surface area contributed by atoms with Crippen LogP contribution < -0.4 is 15.4 Å². The zero-order chi connectivity index (χ0) is 14.0. The fourth-order valence-electron chi connectivity index (χ4n) is 3.22. The Morgan fingerprint density at radius 3 is 2.47 bits per heavy atom. The van der Waals surface area contributed by atoms with Gasteiger partial charge in [-0.1, -0.05) is 0 Å². The molecule has 0 saturated carbocycles. The molecule has 1 aliphatic rings. The second kappa shape index (κ2) is 5.39. The topological polar surface area (TPSA) is 41.7 Å². The van der Waals surface area contributed by atoms with Gasteiger partial charge in [-0.3, -0.25) is 0 Å². The number of rotatable bonds is 3. The van der Waals surface area contributed by atoms with E-state index in [1.165, 1.54) is 5.69 Å². The molecule has 0 amide bonds. The van der Waals surface area contributed by atoms with Crippen molar-refractivity contribution in [3.8, 4) is 5.75 Å². The van der Waals surface area contributed by atoms with E-state index < -0.39 is 0 Å². The van der Waals surface area contributed by atoms with E-state index in [4.69, 9.17) is 10.5 Å². The van der Waals surface area contributed by atoms with Crippen LogP contribution in [0.3, 0.4) is 0 Å². The highest BCUT2D eigenvalue weighted by molar-refractivity contribution is 5.53. The number of hydrogen-bond donors (Lipinski definition) is 1. The molecule has 1 saturated heterocycles. The summed E-state index contributed by atoms with van der Waals surface area (Å²) in [7, 11) is 3.85. The monoisotopic (exact) mass is 263 g/mol. The van der Waals surface area contributed by atoms with Crippen LogP contribution in [0.4, 0.5) is 5.69 Å². The van der Waals surface area contributed by atoms with Crippen LogP contribution in [0.25, 0.3) is 0 Å². The fourth-order valence-corrected chi connectivity index (χ4v) is 3.22. The molecule has 1 aliphatic heterocycles. The lowest BCUT2D eigenvalue weighted by Gasteiger charge is -2.52. The smallest absolute Gasteiger partial charge is 0.119 e. The lowest BCUT2D eigenvalue weighted by molar-refractivity contribution is 0.182. The van der Waals surface area contributed by atoms with Gasteiger partial charge in [0.15, 0.2) is 0 Å². The summed E-state index contributed by atoms with van der Waals surface area (Å²) in [6.45, 7) is 7.26. The first-order valence-corrected chi connectivity index (χ1v) is 6.80. The maximum atomic E-state index is 5.98. The van der Waals surface area contributed by atoms with Crippen LogP contribution in [0.5, 0.6) is 5.75 Å². The maximum Gasteiger partial charge on any atom is 0.119 e. The van der Waals surface area contributed by atoms with Gasteiger partial charge < -0.3 is 20.3 Å². The number of anilines is 1. The highest BCUT2D eigenvalue weighted by Gasteiger charge is 2.38. The summed E-state index contributed by atoms with van der Waals surface area (Å²) in [4.78, 5) is 4.81. The molecule has 1 aromatic rings. The van der Waals surface area contributed by atoms with E-state index in [-0.39, 0.29) is 5.54 Å². The Morgan fingerprint density at radius 1 is 1.32 bits per heavy atom. The molecule has 19 heavy (non-hydrogen) atoms. The van der Waals surface area contributed by atoms with Gasteiger partial charge in [-0.25, -0.2) is 0 Å². The molecule has 0 spiro atoms. The summed E-state index contributed by atoms with van der Waals surface area (Å²) in [5.41, 5.74) is 7.27. The van der Waals surface area contributed by atoms with E-state index in [9.17, 15) is 0 Å². The first-order valence-electron chi connectivity index (χ1n) is 6.80. The number of likely N-dealkylation sites (N-methyl/N-ethyl adjacent to an activating group) is 1. The molecule has 0 aliphatic carbocycles. The van der Waals surface area contributed by atoms with Crippen LogP contribution in [0.1, 0.15) is 13.8 Å². The minimum absolute atomic E-state index is 0.0750. The van der Waals surface area contributed by atoms with Crippen molar-refractivity contribution in [3.05, 3.63) is 24.3 Å². The highest BCUT2D eigenvalue weighted by atomic mass is 16.5. The molecule has 4 heteroatoms. The number of nitrogens with zero attached hydrogens (tertiary/aromatic N) is 2. The second-order valence-electron chi connectivity index (χ2n) is 5.97. The highest BCUT2D eigenvalue weighted by Crippen LogP contribution is 2.31. The Balaban J connectivity index is 2.32. The van der Waals surface area contributed by atoms with Gasteiger partial charge in [0.25, 0.3) is 0 Å². The van der Waals surface area contributed by atoms with E-state index in [2.05, 4.69) is 42.8 Å². The maximum absolute atomic E-state index is 5.98. The number of benzene rings is 1. The van der Waals surface area contributed by atoms with E-state index >= 15 is 0 Å². The predicted molar refractivity (Wildman–Crippen MR) is 79.9 cm³/mol. The second-order valence-corrected chi connectivity index (χ2v) is 5.97. The third-order valence-corrected chi connectivity index (χ3v) is 3.82. The number of ether oxygens (including phenoxy) is 1. The van der Waals surface area contributed by atoms with E-state index in [0.29, 0.717) is 12.6 Å². The van der Waals surface area contributed by atoms with Crippen molar-refractivity contribution in [1.29, 1.82) is 0 Å². The van der Waals surface area contributed by atoms with Gasteiger partial charge in [-0.05, 0) is 45.2 Å². The van der Waals surface area contributed by atoms with E-state index in [0.717, 1.165) is 18.8 Å². The number of hydrogen-bond acceptors (Lipinski definition) is 4. The quantitative estimate of drug-likeness (QED) is 0.898. The lowest BCUT2D eigenvalue weighted by Crippen LogP contribution is -2.65. The molecule has 2 rings (SSSR count). The third kappa shape index (κ3) is 2.85. The van der Waals surface area contributed by atoms with Gasteiger partial charge in [0.1, 0.15) is 5.75 Å². The van der Waals surface area contributed by atoms with Crippen molar-refractivity contribution < 1.29 is 4.74 Å². The molecule has 1 atom stereocenters. The molecule has 106 valence electrons. The summed E-state index contributed by atoms with van der Waals surface area (Å²) < 4.78 is 5.23. The lowest BCUT2D eigenvalue weighted by atomic mass is 9.94. The van der Waals surface area contributed by atoms with E-state index in [1.54, 1.807) is 7.11 Å². The third-order valence-electron chi connectivity index (χ3n) is 3.82. The molecule has 1 fully saturated rings. The molecule has 2 N–H and O–H groups in total. The van der Waals surface area contributed by atoms with Crippen LogP contribution in [0.15, 0.2) is 24.3 Å². The van der Waals surface area contributed by atoms with Gasteiger partial charge in [0, 0.05) is 30.9 Å². The summed E-state index contributed by atoms with van der Waals surface area (Å²) in [5.74, 6) is 0.889. The summed E-state index contributed by atoms with van der Waals surface area (Å²) in [5, 5.41) is 0. The Kier molecular flexibility index (Phi) is 4.02. The average Bonchev–Trinajstić information content (AvgIpc) is 2.37. The summed E-state index contributed by atoms with van der Waals surface area (Å²) >= 11 is 0. The zero-order valence-corrected chi connectivity index (χ0v) is 12.4. The molecular weight excluding hydrogens is 238 g/mol. The SMILES string of the molecule is COc1ccc(N2C(CN)CN(C)CC2(C)C)cc1. The van der Waals surface area contributed by atoms with Crippen molar-refractivity contribution >= 4 is 5.69 Å². The first kappa shape index (κ1) is 14.2. The molecular formula is C15H25N3O. The van der Waals surface area contributed by atoms with Crippen molar-refractivity contribution in [2.45, 2.75) is 25.4 Å². The predicted octanol–water partition coefficient (Wildman–Crippen LogP) is 1.55. The van der Waals surface area contributed by atoms with Crippen LogP contribution in [-0.4, -0.2) is 50.3 Å². The van der Waals surface area contributed by atoms with Crippen LogP contribution in [-0.2, 0) is 0 Å². The first-order chi connectivity index (χ1) is 8.97. The van der Waals surface area contributed by atoms with Crippen LogP contribution in [0.2, 0.25) is 0 Å². The Labute approximate surface area is 116 Å². The normalized spacial score (nSPS) is 23.4. The van der Waals surface area contributed by atoms with Crippen molar-refractivity contribution in [2.75, 3.05) is 38.7 Å². The van der Waals surface area contributed by atoms with Gasteiger partial charge in [-0.2, -0.15) is 0 Å². The fraction of sp³-hybridized carbons (Fsp3) is 0.600. The minimum atomic E-state index is 0.0750. The van der Waals surface area contributed by atoms with Crippen LogP contribution in [0, 0.1) is 0 Å². The summed E-state index contributed by atoms with van der Waals surface area (Å²) in [6, 6.07) is 8.61. The van der Waals surface area contributed by atoms with Crippen molar-refractivity contribution in [3.63, 3.8) is 0 Å². The molecule has 0 bridgehead atoms.